The summed E-state index contributed by atoms with van der Waals surface area (Å²) in [4.78, 5) is 4.69. The van der Waals surface area contributed by atoms with Gasteiger partial charge in [0.1, 0.15) is 0 Å². The van der Waals surface area contributed by atoms with Gasteiger partial charge in [0.15, 0.2) is 11.5 Å². The Morgan fingerprint density at radius 3 is 1.14 bits per heavy atom. The third kappa shape index (κ3) is 7.32. The van der Waals surface area contributed by atoms with Gasteiger partial charge in [-0.05, 0) is 128 Å². The summed E-state index contributed by atoms with van der Waals surface area (Å²) in [7, 11) is 0. The van der Waals surface area contributed by atoms with E-state index in [1.54, 1.807) is 0 Å². The highest BCUT2D eigenvalue weighted by molar-refractivity contribution is 5.93. The first-order valence-electron chi connectivity index (χ1n) is 21.4. The van der Waals surface area contributed by atoms with E-state index in [9.17, 15) is 0 Å². The number of hydrogen-bond donors (Lipinski definition) is 0. The third-order valence-corrected chi connectivity index (χ3v) is 11.9. The Labute approximate surface area is 369 Å². The zero-order valence-electron chi connectivity index (χ0n) is 34.6. The number of hydrogen-bond acceptors (Lipinski definition) is 3. The number of anilines is 6. The molecule has 298 valence electrons. The van der Waals surface area contributed by atoms with Crippen LogP contribution in [0, 0.1) is 0 Å². The molecule has 0 aliphatic carbocycles. The summed E-state index contributed by atoms with van der Waals surface area (Å²) < 4.78 is 6.33. The maximum Gasteiger partial charge on any atom is 0.151 e. The monoisotopic (exact) mass is 806 g/mol. The fourth-order valence-corrected chi connectivity index (χ4v) is 8.85. The second kappa shape index (κ2) is 16.6. The van der Waals surface area contributed by atoms with Crippen LogP contribution in [0.15, 0.2) is 255 Å². The van der Waals surface area contributed by atoms with Crippen molar-refractivity contribution < 1.29 is 4.74 Å². The summed E-state index contributed by atoms with van der Waals surface area (Å²) in [6.07, 6.45) is 0. The van der Waals surface area contributed by atoms with Crippen LogP contribution in [0.1, 0.15) is 0 Å². The highest BCUT2D eigenvalue weighted by atomic mass is 16.5. The third-order valence-electron chi connectivity index (χ3n) is 11.9. The molecule has 3 nitrogen and oxygen atoms in total. The van der Waals surface area contributed by atoms with Crippen LogP contribution in [0.4, 0.5) is 34.1 Å². The highest BCUT2D eigenvalue weighted by Crippen LogP contribution is 2.51. The number of rotatable bonds is 9. The second-order valence-corrected chi connectivity index (χ2v) is 15.7. The quantitative estimate of drug-likeness (QED) is 0.144. The van der Waals surface area contributed by atoms with E-state index in [0.717, 1.165) is 56.8 Å². The predicted molar refractivity (Wildman–Crippen MR) is 263 cm³/mol. The summed E-state index contributed by atoms with van der Waals surface area (Å²) in [5.74, 6) is 1.68. The lowest BCUT2D eigenvalue weighted by Gasteiger charge is -2.33. The van der Waals surface area contributed by atoms with Crippen LogP contribution in [0.25, 0.3) is 55.6 Å². The molecule has 0 aromatic heterocycles. The van der Waals surface area contributed by atoms with Gasteiger partial charge < -0.3 is 14.5 Å². The maximum absolute atomic E-state index is 6.33. The summed E-state index contributed by atoms with van der Waals surface area (Å²) >= 11 is 0. The van der Waals surface area contributed by atoms with Crippen LogP contribution in [-0.2, 0) is 0 Å². The molecule has 10 aromatic carbocycles. The number of benzene rings is 10. The van der Waals surface area contributed by atoms with E-state index in [1.165, 1.54) is 44.5 Å². The van der Waals surface area contributed by atoms with Gasteiger partial charge in [-0.1, -0.05) is 182 Å². The summed E-state index contributed by atoms with van der Waals surface area (Å²) in [5.41, 5.74) is 18.0. The molecule has 0 N–H and O–H groups in total. The van der Waals surface area contributed by atoms with Crippen LogP contribution in [0.3, 0.4) is 0 Å². The summed E-state index contributed by atoms with van der Waals surface area (Å²) in [6, 6.07) is 90.8. The van der Waals surface area contributed by atoms with Gasteiger partial charge in [0.05, 0.1) is 11.4 Å². The van der Waals surface area contributed by atoms with Crippen LogP contribution in [-0.4, -0.2) is 0 Å². The molecule has 0 spiro atoms. The molecule has 3 heteroatoms. The van der Waals surface area contributed by atoms with E-state index in [1.807, 2.05) is 24.3 Å². The summed E-state index contributed by atoms with van der Waals surface area (Å²) in [6.45, 7) is 0. The number of fused-ring (bicyclic) bond motifs is 2. The Morgan fingerprint density at radius 2 is 0.667 bits per heavy atom. The van der Waals surface area contributed by atoms with Gasteiger partial charge in [0.25, 0.3) is 0 Å². The zero-order valence-corrected chi connectivity index (χ0v) is 34.6. The topological polar surface area (TPSA) is 15.7 Å². The van der Waals surface area contributed by atoms with Gasteiger partial charge in [-0.25, -0.2) is 0 Å². The van der Waals surface area contributed by atoms with Crippen molar-refractivity contribution in [1.29, 1.82) is 0 Å². The average Bonchev–Trinajstić information content (AvgIpc) is 3.37. The molecular weight excluding hydrogens is 765 g/mol. The molecule has 0 saturated carbocycles. The van der Waals surface area contributed by atoms with Crippen molar-refractivity contribution >= 4 is 34.1 Å². The molecule has 0 fully saturated rings. The maximum atomic E-state index is 6.33. The van der Waals surface area contributed by atoms with Crippen LogP contribution in [0.5, 0.6) is 11.5 Å². The first-order chi connectivity index (χ1) is 31.2. The molecule has 0 amide bonds. The highest BCUT2D eigenvalue weighted by Gasteiger charge is 2.26. The molecule has 0 radical (unpaired) electrons. The molecule has 0 saturated heterocycles. The van der Waals surface area contributed by atoms with E-state index < -0.39 is 0 Å². The Hall–Kier alpha value is -8.40. The van der Waals surface area contributed by atoms with Crippen molar-refractivity contribution in [2.45, 2.75) is 0 Å². The van der Waals surface area contributed by atoms with Gasteiger partial charge >= 0.3 is 0 Å². The minimum atomic E-state index is 0.838. The standard InChI is InChI=1S/C60H42N2O/c1-5-18-44(19-6-1)53-38-36-51(41-55(53)46-22-9-3-10-23-46)61(52-37-39-54(45-20-7-2-8-21-45)56(42-52)47-24-11-4-12-25-47)49-34-32-43(33-35-49)48-26-17-27-50(40-48)62-57-28-13-15-30-59(57)63-60-31-16-14-29-58(60)62/h1-42H. The molecule has 1 aliphatic rings. The van der Waals surface area contributed by atoms with Crippen molar-refractivity contribution in [3.05, 3.63) is 255 Å². The molecular formula is C60H42N2O. The Bertz CT molecular complexity index is 3010. The van der Waals surface area contributed by atoms with Crippen LogP contribution >= 0.6 is 0 Å². The lowest BCUT2D eigenvalue weighted by atomic mass is 9.92. The van der Waals surface area contributed by atoms with Crippen molar-refractivity contribution in [2.75, 3.05) is 9.80 Å². The lowest BCUT2D eigenvalue weighted by Crippen LogP contribution is -2.15. The number of para-hydroxylation sites is 4. The molecule has 0 bridgehead atoms. The van der Waals surface area contributed by atoms with Gasteiger partial charge in [0, 0.05) is 22.7 Å². The molecule has 1 heterocycles. The van der Waals surface area contributed by atoms with E-state index in [-0.39, 0.29) is 0 Å². The van der Waals surface area contributed by atoms with Crippen molar-refractivity contribution in [2.24, 2.45) is 0 Å². The fraction of sp³-hybridized carbons (Fsp3) is 0. The Morgan fingerprint density at radius 1 is 0.270 bits per heavy atom. The summed E-state index contributed by atoms with van der Waals surface area (Å²) in [5, 5.41) is 0. The van der Waals surface area contributed by atoms with Crippen LogP contribution < -0.4 is 14.5 Å². The smallest absolute Gasteiger partial charge is 0.151 e. The van der Waals surface area contributed by atoms with Gasteiger partial charge in [-0.2, -0.15) is 0 Å². The van der Waals surface area contributed by atoms with Gasteiger partial charge in [-0.15, -0.1) is 0 Å². The molecule has 10 aromatic rings. The largest absolute Gasteiger partial charge is 0.453 e. The predicted octanol–water partition coefficient (Wildman–Crippen LogP) is 17.1. The average molecular weight is 807 g/mol. The van der Waals surface area contributed by atoms with Gasteiger partial charge in [0.2, 0.25) is 0 Å². The second-order valence-electron chi connectivity index (χ2n) is 15.7. The van der Waals surface area contributed by atoms with E-state index >= 15 is 0 Å². The molecule has 0 unspecified atom stereocenters. The van der Waals surface area contributed by atoms with E-state index in [0.29, 0.717) is 0 Å². The van der Waals surface area contributed by atoms with Crippen LogP contribution in [0.2, 0.25) is 0 Å². The number of nitrogens with zero attached hydrogens (tertiary/aromatic N) is 2. The molecule has 11 rings (SSSR count). The Balaban J connectivity index is 1.05. The minimum Gasteiger partial charge on any atom is -0.453 e. The fourth-order valence-electron chi connectivity index (χ4n) is 8.85. The number of ether oxygens (including phenoxy) is 1. The SMILES string of the molecule is c1ccc(-c2ccc(N(c3ccc(-c4cccc(N5c6ccccc6Oc6ccccc65)c4)cc3)c3ccc(-c4ccccc4)c(-c4ccccc4)c3)cc2-c2ccccc2)cc1. The van der Waals surface area contributed by atoms with Gasteiger partial charge in [-0.3, -0.25) is 0 Å². The van der Waals surface area contributed by atoms with Crippen molar-refractivity contribution in [1.82, 2.24) is 0 Å². The normalized spacial score (nSPS) is 11.6. The Kier molecular flexibility index (Phi) is 9.89. The zero-order chi connectivity index (χ0) is 42.0. The van der Waals surface area contributed by atoms with Crippen molar-refractivity contribution in [3.8, 4) is 67.1 Å². The lowest BCUT2D eigenvalue weighted by molar-refractivity contribution is 0.477. The van der Waals surface area contributed by atoms with E-state index in [2.05, 4.69) is 240 Å². The first kappa shape index (κ1) is 37.6. The molecule has 63 heavy (non-hydrogen) atoms. The molecule has 1 aliphatic heterocycles. The van der Waals surface area contributed by atoms with Crippen molar-refractivity contribution in [3.63, 3.8) is 0 Å². The first-order valence-corrected chi connectivity index (χ1v) is 21.4. The molecule has 0 atom stereocenters. The minimum absolute atomic E-state index is 0.838. The van der Waals surface area contributed by atoms with E-state index in [4.69, 9.17) is 4.74 Å².